The Bertz CT molecular complexity index is 467. The van der Waals surface area contributed by atoms with Gasteiger partial charge in [-0.1, -0.05) is 20.3 Å². The van der Waals surface area contributed by atoms with Gasteiger partial charge in [0, 0.05) is 10.7 Å². The number of hydrogen-bond acceptors (Lipinski definition) is 3. The van der Waals surface area contributed by atoms with Crippen LogP contribution in [0.4, 0.5) is 10.5 Å². The van der Waals surface area contributed by atoms with E-state index in [-0.39, 0.29) is 5.92 Å². The van der Waals surface area contributed by atoms with Crippen LogP contribution in [-0.2, 0) is 4.79 Å². The largest absolute Gasteiger partial charge is 0.480 e. The molecule has 0 saturated carbocycles. The van der Waals surface area contributed by atoms with Gasteiger partial charge in [0.2, 0.25) is 0 Å². The van der Waals surface area contributed by atoms with Gasteiger partial charge in [-0.15, -0.1) is 0 Å². The summed E-state index contributed by atoms with van der Waals surface area (Å²) >= 11 is 3.23. The predicted molar refractivity (Wildman–Crippen MR) is 75.0 cm³/mol. The van der Waals surface area contributed by atoms with Crippen molar-refractivity contribution in [2.45, 2.75) is 26.3 Å². The maximum absolute atomic E-state index is 11.7. The molecular formula is C12H16BrN3O3. The molecule has 0 fully saturated rings. The summed E-state index contributed by atoms with van der Waals surface area (Å²) in [6.45, 7) is 3.65. The second-order valence-electron chi connectivity index (χ2n) is 4.19. The highest BCUT2D eigenvalue weighted by atomic mass is 79.9. The lowest BCUT2D eigenvalue weighted by molar-refractivity contribution is -0.140. The number of pyridine rings is 1. The highest BCUT2D eigenvalue weighted by Crippen LogP contribution is 2.14. The lowest BCUT2D eigenvalue weighted by Gasteiger charge is -2.20. The van der Waals surface area contributed by atoms with Crippen LogP contribution in [0.15, 0.2) is 22.9 Å². The van der Waals surface area contributed by atoms with E-state index in [1.54, 1.807) is 19.2 Å². The zero-order valence-electron chi connectivity index (χ0n) is 10.7. The quantitative estimate of drug-likeness (QED) is 0.773. The third kappa shape index (κ3) is 4.86. The van der Waals surface area contributed by atoms with Crippen LogP contribution in [-0.4, -0.2) is 28.1 Å². The van der Waals surface area contributed by atoms with E-state index < -0.39 is 18.0 Å². The molecule has 104 valence electrons. The molecule has 1 heterocycles. The average Bonchev–Trinajstić information content (AvgIpc) is 2.34. The Balaban J connectivity index is 2.65. The number of urea groups is 1. The van der Waals surface area contributed by atoms with Crippen molar-refractivity contribution in [3.8, 4) is 0 Å². The van der Waals surface area contributed by atoms with Crippen LogP contribution >= 0.6 is 15.9 Å². The van der Waals surface area contributed by atoms with Crippen LogP contribution in [0, 0.1) is 5.92 Å². The van der Waals surface area contributed by atoms with Crippen LogP contribution in [0.1, 0.15) is 20.3 Å². The Kier molecular flexibility index (Phi) is 5.75. The summed E-state index contributed by atoms with van der Waals surface area (Å²) in [4.78, 5) is 26.7. The number of aromatic nitrogens is 1. The van der Waals surface area contributed by atoms with Crippen molar-refractivity contribution < 1.29 is 14.7 Å². The summed E-state index contributed by atoms with van der Waals surface area (Å²) in [6, 6.07) is 0.198. The van der Waals surface area contributed by atoms with E-state index in [9.17, 15) is 9.59 Å². The van der Waals surface area contributed by atoms with E-state index in [4.69, 9.17) is 5.11 Å². The number of hydrogen-bond donors (Lipinski definition) is 3. The Labute approximate surface area is 119 Å². The highest BCUT2D eigenvalue weighted by Gasteiger charge is 2.25. The molecule has 0 spiro atoms. The predicted octanol–water partition coefficient (Wildman–Crippen LogP) is 2.46. The number of amides is 2. The molecule has 0 aliphatic carbocycles. The van der Waals surface area contributed by atoms with Crippen molar-refractivity contribution in [2.24, 2.45) is 5.92 Å². The molecule has 3 N–H and O–H groups in total. The van der Waals surface area contributed by atoms with Gasteiger partial charge in [-0.25, -0.2) is 9.59 Å². The fourth-order valence-corrected chi connectivity index (χ4v) is 1.84. The first-order chi connectivity index (χ1) is 8.93. The number of carbonyl (C=O) groups excluding carboxylic acids is 1. The van der Waals surface area contributed by atoms with E-state index in [2.05, 4.69) is 31.5 Å². The smallest absolute Gasteiger partial charge is 0.326 e. The van der Waals surface area contributed by atoms with Gasteiger partial charge < -0.3 is 15.7 Å². The number of carbonyl (C=O) groups is 2. The number of carboxylic acids is 1. The first-order valence-corrected chi connectivity index (χ1v) is 6.64. The highest BCUT2D eigenvalue weighted by molar-refractivity contribution is 9.10. The normalized spacial score (nSPS) is 13.4. The van der Waals surface area contributed by atoms with Gasteiger partial charge in [-0.2, -0.15) is 0 Å². The lowest BCUT2D eigenvalue weighted by atomic mass is 9.99. The summed E-state index contributed by atoms with van der Waals surface area (Å²) in [5.41, 5.74) is 0.486. The summed E-state index contributed by atoms with van der Waals surface area (Å²) < 4.78 is 0.724. The fourth-order valence-electron chi connectivity index (χ4n) is 1.47. The lowest BCUT2D eigenvalue weighted by Crippen LogP contribution is -2.46. The molecule has 2 atom stereocenters. The first-order valence-electron chi connectivity index (χ1n) is 5.85. The van der Waals surface area contributed by atoms with Gasteiger partial charge >= 0.3 is 12.0 Å². The van der Waals surface area contributed by atoms with Gasteiger partial charge in [0.05, 0.1) is 11.9 Å². The Hall–Kier alpha value is -1.63. The molecule has 1 aromatic rings. The number of aliphatic carboxylic acids is 1. The van der Waals surface area contributed by atoms with Crippen LogP contribution in [0.5, 0.6) is 0 Å². The Morgan fingerprint density at radius 2 is 2.16 bits per heavy atom. The van der Waals surface area contributed by atoms with Crippen LogP contribution in [0.25, 0.3) is 0 Å². The van der Waals surface area contributed by atoms with Crippen molar-refractivity contribution in [3.05, 3.63) is 22.9 Å². The monoisotopic (exact) mass is 329 g/mol. The maximum atomic E-state index is 11.7. The number of rotatable bonds is 5. The van der Waals surface area contributed by atoms with Crippen LogP contribution in [0.2, 0.25) is 0 Å². The molecule has 0 bridgehead atoms. The molecular weight excluding hydrogens is 314 g/mol. The molecule has 2 unspecified atom stereocenters. The number of nitrogens with zero attached hydrogens (tertiary/aromatic N) is 1. The average molecular weight is 330 g/mol. The van der Waals surface area contributed by atoms with Crippen molar-refractivity contribution in [3.63, 3.8) is 0 Å². The zero-order chi connectivity index (χ0) is 14.4. The zero-order valence-corrected chi connectivity index (χ0v) is 12.3. The molecule has 1 rings (SSSR count). The second-order valence-corrected chi connectivity index (χ2v) is 5.11. The van der Waals surface area contributed by atoms with Crippen molar-refractivity contribution >= 4 is 33.6 Å². The minimum atomic E-state index is -1.04. The van der Waals surface area contributed by atoms with E-state index in [1.807, 2.05) is 6.92 Å². The number of nitrogens with one attached hydrogen (secondary N) is 2. The van der Waals surface area contributed by atoms with E-state index in [1.165, 1.54) is 6.20 Å². The molecule has 0 saturated heterocycles. The van der Waals surface area contributed by atoms with Crippen molar-refractivity contribution in [2.75, 3.05) is 5.32 Å². The Morgan fingerprint density at radius 1 is 1.47 bits per heavy atom. The minimum absolute atomic E-state index is 0.149. The summed E-state index contributed by atoms with van der Waals surface area (Å²) in [5.74, 6) is -1.19. The van der Waals surface area contributed by atoms with Gasteiger partial charge in [0.25, 0.3) is 0 Å². The van der Waals surface area contributed by atoms with Gasteiger partial charge in [0.1, 0.15) is 6.04 Å². The standard InChI is InChI=1S/C12H16BrN3O3/c1-3-7(2)10(11(17)18)16-12(19)15-9-4-8(13)5-14-6-9/h4-7,10H,3H2,1-2H3,(H,17,18)(H2,15,16,19). The SMILES string of the molecule is CCC(C)C(NC(=O)Nc1cncc(Br)c1)C(=O)O. The van der Waals surface area contributed by atoms with Gasteiger partial charge in [-0.3, -0.25) is 4.98 Å². The molecule has 0 radical (unpaired) electrons. The summed E-state index contributed by atoms with van der Waals surface area (Å²) in [5, 5.41) is 14.1. The van der Waals surface area contributed by atoms with Crippen LogP contribution < -0.4 is 10.6 Å². The first kappa shape index (κ1) is 15.4. The minimum Gasteiger partial charge on any atom is -0.480 e. The molecule has 0 aliphatic heterocycles. The molecule has 6 nitrogen and oxygen atoms in total. The number of halogens is 1. The summed E-state index contributed by atoms with van der Waals surface area (Å²) in [7, 11) is 0. The topological polar surface area (TPSA) is 91.3 Å². The molecule has 7 heteroatoms. The van der Waals surface area contributed by atoms with Crippen molar-refractivity contribution in [1.29, 1.82) is 0 Å². The maximum Gasteiger partial charge on any atom is 0.326 e. The molecule has 0 aromatic carbocycles. The van der Waals surface area contributed by atoms with Gasteiger partial charge in [-0.05, 0) is 27.9 Å². The van der Waals surface area contributed by atoms with E-state index in [0.717, 1.165) is 4.47 Å². The molecule has 2 amide bonds. The molecule has 1 aromatic heterocycles. The van der Waals surface area contributed by atoms with Crippen molar-refractivity contribution in [1.82, 2.24) is 10.3 Å². The second kappa shape index (κ2) is 7.08. The third-order valence-corrected chi connectivity index (χ3v) is 3.16. The Morgan fingerprint density at radius 3 is 2.68 bits per heavy atom. The molecule has 19 heavy (non-hydrogen) atoms. The summed E-state index contributed by atoms with van der Waals surface area (Å²) in [6.07, 6.45) is 3.72. The number of anilines is 1. The van der Waals surface area contributed by atoms with Crippen LogP contribution in [0.3, 0.4) is 0 Å². The van der Waals surface area contributed by atoms with E-state index >= 15 is 0 Å². The molecule has 0 aliphatic rings. The fraction of sp³-hybridized carbons (Fsp3) is 0.417. The van der Waals surface area contributed by atoms with Gasteiger partial charge in [0.15, 0.2) is 0 Å². The third-order valence-electron chi connectivity index (χ3n) is 2.73. The van der Waals surface area contributed by atoms with E-state index in [0.29, 0.717) is 12.1 Å². The number of carboxylic acid groups (broad SMARTS) is 1.